The molecule has 1 atom stereocenters. The molecular formula is C13H14BrNO4. The highest BCUT2D eigenvalue weighted by Crippen LogP contribution is 2.17. The third-order valence-electron chi connectivity index (χ3n) is 2.99. The minimum Gasteiger partial charge on any atom is -0.481 e. The van der Waals surface area contributed by atoms with Gasteiger partial charge in [-0.15, -0.1) is 0 Å². The number of nitrogens with zero attached hydrogens (tertiary/aromatic N) is 1. The van der Waals surface area contributed by atoms with Crippen LogP contribution in [0.5, 0.6) is 0 Å². The van der Waals surface area contributed by atoms with E-state index in [0.717, 1.165) is 4.47 Å². The monoisotopic (exact) mass is 327 g/mol. The van der Waals surface area contributed by atoms with E-state index in [9.17, 15) is 9.59 Å². The summed E-state index contributed by atoms with van der Waals surface area (Å²) in [7, 11) is 0. The van der Waals surface area contributed by atoms with Gasteiger partial charge in [0.1, 0.15) is 0 Å². The van der Waals surface area contributed by atoms with Gasteiger partial charge in [-0.1, -0.05) is 15.9 Å². The second-order valence-corrected chi connectivity index (χ2v) is 5.25. The maximum atomic E-state index is 12.4. The number of hydrogen-bond acceptors (Lipinski definition) is 3. The van der Waals surface area contributed by atoms with E-state index in [-0.39, 0.29) is 18.9 Å². The lowest BCUT2D eigenvalue weighted by molar-refractivity contribution is -0.139. The number of carboxylic acid groups (broad SMARTS) is 1. The van der Waals surface area contributed by atoms with Crippen LogP contribution < -0.4 is 0 Å². The predicted molar refractivity (Wildman–Crippen MR) is 72.0 cm³/mol. The summed E-state index contributed by atoms with van der Waals surface area (Å²) >= 11 is 3.31. The van der Waals surface area contributed by atoms with Gasteiger partial charge < -0.3 is 14.7 Å². The molecule has 0 saturated carbocycles. The van der Waals surface area contributed by atoms with E-state index in [2.05, 4.69) is 15.9 Å². The van der Waals surface area contributed by atoms with Crippen LogP contribution in [0, 0.1) is 0 Å². The second-order valence-electron chi connectivity index (χ2n) is 4.33. The van der Waals surface area contributed by atoms with Gasteiger partial charge in [-0.2, -0.15) is 0 Å². The number of halogens is 1. The SMILES string of the molecule is O=C(O)CC1COCCN1C(=O)c1ccc(Br)cc1. The van der Waals surface area contributed by atoms with Crippen LogP contribution >= 0.6 is 15.9 Å². The Morgan fingerprint density at radius 3 is 2.68 bits per heavy atom. The number of benzene rings is 1. The van der Waals surface area contributed by atoms with E-state index in [1.165, 1.54) is 0 Å². The van der Waals surface area contributed by atoms with Crippen LogP contribution in [0.2, 0.25) is 0 Å². The fourth-order valence-corrected chi connectivity index (χ4v) is 2.32. The zero-order chi connectivity index (χ0) is 13.8. The smallest absolute Gasteiger partial charge is 0.305 e. The first-order valence-corrected chi connectivity index (χ1v) is 6.73. The number of amides is 1. The molecule has 5 nitrogen and oxygen atoms in total. The molecule has 1 aliphatic heterocycles. The van der Waals surface area contributed by atoms with Crippen molar-refractivity contribution in [3.8, 4) is 0 Å². The van der Waals surface area contributed by atoms with Gasteiger partial charge in [0.2, 0.25) is 0 Å². The van der Waals surface area contributed by atoms with Crippen LogP contribution in [-0.4, -0.2) is 47.7 Å². The molecule has 1 N–H and O–H groups in total. The Bertz CT molecular complexity index is 474. The molecule has 1 fully saturated rings. The largest absolute Gasteiger partial charge is 0.481 e. The minimum absolute atomic E-state index is 0.0950. The van der Waals surface area contributed by atoms with Gasteiger partial charge >= 0.3 is 5.97 Å². The van der Waals surface area contributed by atoms with Crippen molar-refractivity contribution in [3.05, 3.63) is 34.3 Å². The molecule has 0 aromatic heterocycles. The molecule has 1 aromatic carbocycles. The van der Waals surface area contributed by atoms with Crippen molar-refractivity contribution in [3.63, 3.8) is 0 Å². The lowest BCUT2D eigenvalue weighted by atomic mass is 10.1. The summed E-state index contributed by atoms with van der Waals surface area (Å²) in [5.41, 5.74) is 0.556. The summed E-state index contributed by atoms with van der Waals surface area (Å²) < 4.78 is 6.15. The Morgan fingerprint density at radius 2 is 2.05 bits per heavy atom. The standard InChI is InChI=1S/C13H14BrNO4/c14-10-3-1-9(2-4-10)13(18)15-5-6-19-8-11(15)7-12(16)17/h1-4,11H,5-8H2,(H,16,17). The number of morpholine rings is 1. The Balaban J connectivity index is 2.15. The quantitative estimate of drug-likeness (QED) is 0.918. The number of carbonyl (C=O) groups is 2. The highest BCUT2D eigenvalue weighted by Gasteiger charge is 2.29. The van der Waals surface area contributed by atoms with Gasteiger partial charge in [0, 0.05) is 16.6 Å². The van der Waals surface area contributed by atoms with Crippen LogP contribution in [-0.2, 0) is 9.53 Å². The molecule has 0 radical (unpaired) electrons. The predicted octanol–water partition coefficient (Wildman–Crippen LogP) is 1.76. The highest BCUT2D eigenvalue weighted by molar-refractivity contribution is 9.10. The molecule has 1 unspecified atom stereocenters. The Hall–Kier alpha value is -1.40. The van der Waals surface area contributed by atoms with E-state index < -0.39 is 12.0 Å². The van der Waals surface area contributed by atoms with Crippen molar-refractivity contribution >= 4 is 27.8 Å². The van der Waals surface area contributed by atoms with Crippen molar-refractivity contribution < 1.29 is 19.4 Å². The molecule has 102 valence electrons. The van der Waals surface area contributed by atoms with Crippen molar-refractivity contribution in [2.75, 3.05) is 19.8 Å². The molecule has 1 aliphatic rings. The Kier molecular flexibility index (Phi) is 4.55. The summed E-state index contributed by atoms with van der Waals surface area (Å²) in [4.78, 5) is 24.8. The first-order valence-electron chi connectivity index (χ1n) is 5.94. The fraction of sp³-hybridized carbons (Fsp3) is 0.385. The van der Waals surface area contributed by atoms with Crippen LogP contribution in [0.3, 0.4) is 0 Å². The summed E-state index contributed by atoms with van der Waals surface area (Å²) in [6, 6.07) is 6.63. The minimum atomic E-state index is -0.927. The molecule has 1 heterocycles. The van der Waals surface area contributed by atoms with Crippen LogP contribution in [0.25, 0.3) is 0 Å². The first kappa shape index (κ1) is 14.0. The van der Waals surface area contributed by atoms with Gasteiger partial charge in [-0.25, -0.2) is 0 Å². The number of hydrogen-bond donors (Lipinski definition) is 1. The van der Waals surface area contributed by atoms with Crippen LogP contribution in [0.4, 0.5) is 0 Å². The molecule has 6 heteroatoms. The zero-order valence-electron chi connectivity index (χ0n) is 10.2. The molecule has 0 aliphatic carbocycles. The number of ether oxygens (including phenoxy) is 1. The molecule has 0 bridgehead atoms. The van der Waals surface area contributed by atoms with E-state index in [0.29, 0.717) is 18.7 Å². The van der Waals surface area contributed by atoms with Gasteiger partial charge in [0.15, 0.2) is 0 Å². The van der Waals surface area contributed by atoms with Crippen LogP contribution in [0.15, 0.2) is 28.7 Å². The van der Waals surface area contributed by atoms with Crippen LogP contribution in [0.1, 0.15) is 16.8 Å². The number of carbonyl (C=O) groups excluding carboxylic acids is 1. The molecular weight excluding hydrogens is 314 g/mol. The molecule has 1 amide bonds. The number of rotatable bonds is 3. The molecule has 1 saturated heterocycles. The second kappa shape index (κ2) is 6.16. The van der Waals surface area contributed by atoms with Crippen molar-refractivity contribution in [1.29, 1.82) is 0 Å². The number of carboxylic acids is 1. The zero-order valence-corrected chi connectivity index (χ0v) is 11.8. The van der Waals surface area contributed by atoms with Gasteiger partial charge in [0.05, 0.1) is 25.7 Å². The molecule has 2 rings (SSSR count). The third-order valence-corrected chi connectivity index (χ3v) is 3.52. The van der Waals surface area contributed by atoms with Gasteiger partial charge in [-0.05, 0) is 24.3 Å². The highest BCUT2D eigenvalue weighted by atomic mass is 79.9. The lowest BCUT2D eigenvalue weighted by Gasteiger charge is -2.34. The maximum absolute atomic E-state index is 12.4. The van der Waals surface area contributed by atoms with E-state index in [1.54, 1.807) is 29.2 Å². The van der Waals surface area contributed by atoms with Gasteiger partial charge in [0.25, 0.3) is 5.91 Å². The van der Waals surface area contributed by atoms with E-state index >= 15 is 0 Å². The summed E-state index contributed by atoms with van der Waals surface area (Å²) in [6.45, 7) is 1.14. The normalized spacial score (nSPS) is 19.2. The summed E-state index contributed by atoms with van der Waals surface area (Å²) in [6.07, 6.45) is -0.0950. The average Bonchev–Trinajstić information content (AvgIpc) is 2.39. The average molecular weight is 328 g/mol. The number of aliphatic carboxylic acids is 1. The topological polar surface area (TPSA) is 66.8 Å². The molecule has 0 spiro atoms. The third kappa shape index (κ3) is 3.54. The van der Waals surface area contributed by atoms with Crippen molar-refractivity contribution in [2.45, 2.75) is 12.5 Å². The van der Waals surface area contributed by atoms with Crippen molar-refractivity contribution in [1.82, 2.24) is 4.90 Å². The summed E-state index contributed by atoms with van der Waals surface area (Å²) in [5.74, 6) is -1.08. The Morgan fingerprint density at radius 1 is 1.37 bits per heavy atom. The van der Waals surface area contributed by atoms with E-state index in [4.69, 9.17) is 9.84 Å². The lowest BCUT2D eigenvalue weighted by Crippen LogP contribution is -2.49. The maximum Gasteiger partial charge on any atom is 0.305 e. The fourth-order valence-electron chi connectivity index (χ4n) is 2.05. The Labute approximate surface area is 119 Å². The molecule has 19 heavy (non-hydrogen) atoms. The first-order chi connectivity index (χ1) is 9.08. The molecule has 1 aromatic rings. The van der Waals surface area contributed by atoms with Gasteiger partial charge in [-0.3, -0.25) is 9.59 Å². The summed E-state index contributed by atoms with van der Waals surface area (Å²) in [5, 5.41) is 8.87. The van der Waals surface area contributed by atoms with Crippen molar-refractivity contribution in [2.24, 2.45) is 0 Å². The van der Waals surface area contributed by atoms with E-state index in [1.807, 2.05) is 0 Å².